The summed E-state index contributed by atoms with van der Waals surface area (Å²) in [4.78, 5) is 18.4. The Bertz CT molecular complexity index is 974. The molecule has 2 heterocycles. The molecule has 0 aliphatic carbocycles. The molecule has 8 nitrogen and oxygen atoms in total. The van der Waals surface area contributed by atoms with Crippen molar-refractivity contribution in [3.05, 3.63) is 56.4 Å². The maximum absolute atomic E-state index is 10.7. The topological polar surface area (TPSA) is 124 Å². The van der Waals surface area contributed by atoms with Gasteiger partial charge in [0.1, 0.15) is 28.5 Å². The molecule has 2 N–H and O–H groups in total. The van der Waals surface area contributed by atoms with Gasteiger partial charge in [-0.2, -0.15) is 5.26 Å². The van der Waals surface area contributed by atoms with Crippen LogP contribution in [-0.2, 0) is 13.0 Å². The minimum atomic E-state index is -0.432. The number of rotatable bonds is 4. The van der Waals surface area contributed by atoms with Crippen molar-refractivity contribution in [1.82, 2.24) is 14.5 Å². The molecule has 2 aromatic heterocycles. The molecule has 1 aromatic carbocycles. The number of aromatic nitrogens is 3. The molecular weight excluding hydrogens is 376 g/mol. The molecule has 0 bridgehead atoms. The number of nitriles is 1. The van der Waals surface area contributed by atoms with E-state index in [1.807, 2.05) is 4.57 Å². The van der Waals surface area contributed by atoms with E-state index < -0.39 is 4.92 Å². The lowest BCUT2D eigenvalue weighted by Gasteiger charge is -2.07. The van der Waals surface area contributed by atoms with Crippen molar-refractivity contribution >= 4 is 38.5 Å². The number of nitrogens with zero attached hydrogens (tertiary/aromatic N) is 5. The number of anilines is 1. The van der Waals surface area contributed by atoms with E-state index in [9.17, 15) is 15.4 Å². The molecule has 120 valence electrons. The van der Waals surface area contributed by atoms with Crippen LogP contribution in [0.25, 0.3) is 11.0 Å². The summed E-state index contributed by atoms with van der Waals surface area (Å²) in [7, 11) is 0. The lowest BCUT2D eigenvalue weighted by atomic mass is 10.1. The quantitative estimate of drug-likeness (QED) is 0.542. The highest BCUT2D eigenvalue weighted by Crippen LogP contribution is 2.31. The van der Waals surface area contributed by atoms with Crippen LogP contribution in [0.2, 0.25) is 0 Å². The van der Waals surface area contributed by atoms with Gasteiger partial charge in [0.2, 0.25) is 0 Å². The zero-order valence-corrected chi connectivity index (χ0v) is 13.9. The summed E-state index contributed by atoms with van der Waals surface area (Å²) in [5.41, 5.74) is 7.83. The van der Waals surface area contributed by atoms with Gasteiger partial charge in [-0.15, -0.1) is 0 Å². The van der Waals surface area contributed by atoms with Gasteiger partial charge in [0.25, 0.3) is 5.69 Å². The first-order chi connectivity index (χ1) is 11.5. The summed E-state index contributed by atoms with van der Waals surface area (Å²) >= 11 is 3.42. The predicted octanol–water partition coefficient (Wildman–Crippen LogP) is 2.80. The Morgan fingerprint density at radius 3 is 2.67 bits per heavy atom. The van der Waals surface area contributed by atoms with E-state index in [1.54, 1.807) is 12.1 Å². The van der Waals surface area contributed by atoms with Crippen LogP contribution in [0.1, 0.15) is 11.1 Å². The molecule has 0 fully saturated rings. The summed E-state index contributed by atoms with van der Waals surface area (Å²) in [5, 5.41) is 20.6. The van der Waals surface area contributed by atoms with Crippen LogP contribution >= 0.6 is 15.9 Å². The fourth-order valence-electron chi connectivity index (χ4n) is 2.50. The summed E-state index contributed by atoms with van der Waals surface area (Å²) in [6.07, 6.45) is 1.97. The van der Waals surface area contributed by atoms with Crippen molar-refractivity contribution in [1.29, 1.82) is 5.26 Å². The van der Waals surface area contributed by atoms with Crippen molar-refractivity contribution < 1.29 is 4.92 Å². The molecule has 0 spiro atoms. The molecule has 0 radical (unpaired) electrons. The van der Waals surface area contributed by atoms with E-state index in [1.165, 1.54) is 18.5 Å². The number of hydrogen-bond donors (Lipinski definition) is 1. The Morgan fingerprint density at radius 1 is 1.33 bits per heavy atom. The third-order valence-corrected chi connectivity index (χ3v) is 4.51. The zero-order valence-electron chi connectivity index (χ0n) is 12.3. The summed E-state index contributed by atoms with van der Waals surface area (Å²) in [6, 6.07) is 8.49. The van der Waals surface area contributed by atoms with Crippen LogP contribution in [-0.4, -0.2) is 19.5 Å². The zero-order chi connectivity index (χ0) is 17.3. The van der Waals surface area contributed by atoms with Gasteiger partial charge in [-0.3, -0.25) is 10.1 Å². The first-order valence-corrected chi connectivity index (χ1v) is 7.73. The minimum Gasteiger partial charge on any atom is -0.383 e. The second-order valence-corrected chi connectivity index (χ2v) is 5.81. The van der Waals surface area contributed by atoms with Gasteiger partial charge in [-0.05, 0) is 27.9 Å². The normalized spacial score (nSPS) is 10.7. The first-order valence-electron chi connectivity index (χ1n) is 6.94. The summed E-state index contributed by atoms with van der Waals surface area (Å²) < 4.78 is 2.43. The maximum atomic E-state index is 10.7. The number of fused-ring (bicyclic) bond motifs is 1. The number of nitrogens with two attached hydrogens (primary N) is 1. The summed E-state index contributed by atoms with van der Waals surface area (Å²) in [5.74, 6) is 0.256. The van der Waals surface area contributed by atoms with E-state index in [-0.39, 0.29) is 11.5 Å². The van der Waals surface area contributed by atoms with Crippen LogP contribution in [0.15, 0.2) is 35.2 Å². The van der Waals surface area contributed by atoms with Crippen LogP contribution in [0.5, 0.6) is 0 Å². The second kappa shape index (κ2) is 6.25. The van der Waals surface area contributed by atoms with Gasteiger partial charge in [-0.25, -0.2) is 9.97 Å². The van der Waals surface area contributed by atoms with Crippen molar-refractivity contribution in [2.75, 3.05) is 5.73 Å². The van der Waals surface area contributed by atoms with E-state index in [0.717, 1.165) is 5.56 Å². The Morgan fingerprint density at radius 2 is 2.04 bits per heavy atom. The Balaban J connectivity index is 1.93. The van der Waals surface area contributed by atoms with Crippen molar-refractivity contribution in [2.24, 2.45) is 0 Å². The molecule has 3 rings (SSSR count). The monoisotopic (exact) mass is 386 g/mol. The predicted molar refractivity (Wildman–Crippen MR) is 91.2 cm³/mol. The summed E-state index contributed by atoms with van der Waals surface area (Å²) in [6.45, 7) is 0.535. The molecule has 0 aliphatic rings. The van der Waals surface area contributed by atoms with Gasteiger partial charge >= 0.3 is 0 Å². The molecule has 0 unspecified atom stereocenters. The van der Waals surface area contributed by atoms with Crippen LogP contribution < -0.4 is 5.73 Å². The average Bonchev–Trinajstić information content (AvgIpc) is 2.85. The lowest BCUT2D eigenvalue weighted by molar-refractivity contribution is -0.384. The molecule has 0 aliphatic heterocycles. The standard InChI is InChI=1S/C15H11BrN6O2/c16-13-11(7-17)12-14(18)19-8-20-15(12)21(13)6-5-9-1-3-10(4-2-9)22(23)24/h1-4,8H,5-6H2,(H2,18,19,20). The Hall–Kier alpha value is -2.99. The third kappa shape index (κ3) is 2.68. The van der Waals surface area contributed by atoms with Gasteiger partial charge in [0, 0.05) is 18.7 Å². The van der Waals surface area contributed by atoms with E-state index in [4.69, 9.17) is 5.73 Å². The number of aryl methyl sites for hydroxylation is 2. The molecule has 3 aromatic rings. The van der Waals surface area contributed by atoms with Gasteiger partial charge < -0.3 is 10.3 Å². The number of nitro benzene ring substituents is 1. The lowest BCUT2D eigenvalue weighted by Crippen LogP contribution is -2.03. The molecule has 0 amide bonds. The number of nitro groups is 1. The number of non-ortho nitro benzene ring substituents is 1. The minimum absolute atomic E-state index is 0.0543. The number of benzene rings is 1. The van der Waals surface area contributed by atoms with Crippen LogP contribution in [0.3, 0.4) is 0 Å². The van der Waals surface area contributed by atoms with Gasteiger partial charge in [0.15, 0.2) is 0 Å². The number of nitrogen functional groups attached to an aromatic ring is 1. The molecule has 0 atom stereocenters. The van der Waals surface area contributed by atoms with Crippen molar-refractivity contribution in [3.63, 3.8) is 0 Å². The number of halogens is 1. The third-order valence-electron chi connectivity index (χ3n) is 3.69. The second-order valence-electron chi connectivity index (χ2n) is 5.06. The van der Waals surface area contributed by atoms with Crippen molar-refractivity contribution in [3.8, 4) is 6.07 Å². The average molecular weight is 387 g/mol. The Labute approximate surface area is 144 Å². The fourth-order valence-corrected chi connectivity index (χ4v) is 3.13. The smallest absolute Gasteiger partial charge is 0.269 e. The first kappa shape index (κ1) is 15.9. The Kier molecular flexibility index (Phi) is 4.14. The van der Waals surface area contributed by atoms with E-state index in [2.05, 4.69) is 32.0 Å². The number of hydrogen-bond acceptors (Lipinski definition) is 6. The van der Waals surface area contributed by atoms with Gasteiger partial charge in [-0.1, -0.05) is 12.1 Å². The SMILES string of the molecule is N#Cc1c(Br)n(CCc2ccc([N+](=O)[O-])cc2)c2ncnc(N)c12. The maximum Gasteiger partial charge on any atom is 0.269 e. The van der Waals surface area contributed by atoms with Crippen LogP contribution in [0, 0.1) is 21.4 Å². The van der Waals surface area contributed by atoms with Gasteiger partial charge in [0.05, 0.1) is 15.9 Å². The van der Waals surface area contributed by atoms with E-state index >= 15 is 0 Å². The molecule has 0 saturated heterocycles. The van der Waals surface area contributed by atoms with Crippen LogP contribution in [0.4, 0.5) is 11.5 Å². The molecule has 0 saturated carbocycles. The highest BCUT2D eigenvalue weighted by atomic mass is 79.9. The molecule has 9 heteroatoms. The fraction of sp³-hybridized carbons (Fsp3) is 0.133. The largest absolute Gasteiger partial charge is 0.383 e. The van der Waals surface area contributed by atoms with E-state index in [0.29, 0.717) is 34.2 Å². The molecular formula is C15H11BrN6O2. The highest BCUT2D eigenvalue weighted by molar-refractivity contribution is 9.10. The highest BCUT2D eigenvalue weighted by Gasteiger charge is 2.19. The molecule has 24 heavy (non-hydrogen) atoms. The van der Waals surface area contributed by atoms with Crippen molar-refractivity contribution in [2.45, 2.75) is 13.0 Å².